The molecule has 2 N–H and O–H groups in total. The Morgan fingerprint density at radius 1 is 1.18 bits per heavy atom. The van der Waals surface area contributed by atoms with E-state index in [-0.39, 0.29) is 29.7 Å². The Bertz CT molecular complexity index is 1130. The maximum absolute atomic E-state index is 15.4. The minimum atomic E-state index is -1.99. The summed E-state index contributed by atoms with van der Waals surface area (Å²) in [6.45, 7) is 14.4. The fourth-order valence-corrected chi connectivity index (χ4v) is 5.06. The van der Waals surface area contributed by atoms with Crippen molar-refractivity contribution in [3.05, 3.63) is 42.0 Å². The van der Waals surface area contributed by atoms with Crippen LogP contribution in [-0.2, 0) is 25.3 Å². The third kappa shape index (κ3) is 7.85. The molecule has 0 bridgehead atoms. The molecule has 0 radical (unpaired) electrons. The van der Waals surface area contributed by atoms with Crippen molar-refractivity contribution in [2.75, 3.05) is 44.4 Å². The van der Waals surface area contributed by atoms with Crippen LogP contribution in [0.15, 0.2) is 35.7 Å². The van der Waals surface area contributed by atoms with Gasteiger partial charge < -0.3 is 29.4 Å². The van der Waals surface area contributed by atoms with Gasteiger partial charge in [0, 0.05) is 54.8 Å². The molecule has 40 heavy (non-hydrogen) atoms. The zero-order valence-corrected chi connectivity index (χ0v) is 25.5. The second-order valence-electron chi connectivity index (χ2n) is 12.1. The van der Waals surface area contributed by atoms with Crippen LogP contribution in [0.1, 0.15) is 45.6 Å². The Labute approximate surface area is 238 Å². The Kier molecular flexibility index (Phi) is 10.3. The highest BCUT2D eigenvalue weighted by Crippen LogP contribution is 2.37. The molecule has 9 nitrogen and oxygen atoms in total. The SMILES string of the molecule is CC(C)(C)[Si-](C)(C)OCc1cccc(-c2cnc(N3CC(=NOCC(CN)COC4CCCCO4)C3)nc2)c1F. The van der Waals surface area contributed by atoms with Crippen molar-refractivity contribution in [3.63, 3.8) is 0 Å². The molecule has 221 valence electrons. The number of rotatable bonds is 12. The Morgan fingerprint density at radius 3 is 2.58 bits per heavy atom. The van der Waals surface area contributed by atoms with Gasteiger partial charge in [-0.3, -0.25) is 0 Å². The highest BCUT2D eigenvalue weighted by molar-refractivity contribution is 6.74. The first-order chi connectivity index (χ1) is 19.1. The predicted octanol–water partition coefficient (Wildman–Crippen LogP) is 5.12. The molecule has 2 aromatic rings. The van der Waals surface area contributed by atoms with Gasteiger partial charge >= 0.3 is 0 Å². The van der Waals surface area contributed by atoms with E-state index in [2.05, 4.69) is 49.0 Å². The van der Waals surface area contributed by atoms with Crippen molar-refractivity contribution in [1.29, 1.82) is 0 Å². The van der Waals surface area contributed by atoms with Gasteiger partial charge in [0.05, 0.1) is 25.4 Å². The highest BCUT2D eigenvalue weighted by atomic mass is 28.4. The van der Waals surface area contributed by atoms with Crippen molar-refractivity contribution in [2.24, 2.45) is 16.8 Å². The lowest BCUT2D eigenvalue weighted by atomic mass is 10.1. The van der Waals surface area contributed by atoms with Crippen LogP contribution in [0.3, 0.4) is 0 Å². The average Bonchev–Trinajstić information content (AvgIpc) is 2.91. The molecule has 2 fully saturated rings. The largest absolute Gasteiger partial charge is 0.561 e. The summed E-state index contributed by atoms with van der Waals surface area (Å²) in [6, 6.07) is 5.37. The second kappa shape index (κ2) is 13.5. The van der Waals surface area contributed by atoms with Gasteiger partial charge in [-0.05, 0) is 27.6 Å². The van der Waals surface area contributed by atoms with E-state index in [1.807, 2.05) is 11.0 Å². The molecule has 1 aromatic carbocycles. The first-order valence-corrected chi connectivity index (χ1v) is 17.1. The van der Waals surface area contributed by atoms with Gasteiger partial charge in [-0.25, -0.2) is 14.4 Å². The number of nitrogens with two attached hydrogens (primary N) is 1. The molecule has 2 aliphatic rings. The summed E-state index contributed by atoms with van der Waals surface area (Å²) in [4.78, 5) is 16.5. The van der Waals surface area contributed by atoms with Crippen molar-refractivity contribution in [1.82, 2.24) is 9.97 Å². The molecule has 2 unspecified atom stereocenters. The Morgan fingerprint density at radius 2 is 1.93 bits per heavy atom. The molecule has 1 aromatic heterocycles. The quantitative estimate of drug-likeness (QED) is 0.276. The van der Waals surface area contributed by atoms with Crippen LogP contribution < -0.4 is 10.6 Å². The summed E-state index contributed by atoms with van der Waals surface area (Å²) < 4.78 is 33.0. The normalized spacial score (nSPS) is 18.8. The van der Waals surface area contributed by atoms with E-state index in [1.54, 1.807) is 24.5 Å². The highest BCUT2D eigenvalue weighted by Gasteiger charge is 2.27. The number of hydrogen-bond donors (Lipinski definition) is 1. The molecular formula is C29H44FN5O4Si-. The Balaban J connectivity index is 1.26. The van der Waals surface area contributed by atoms with E-state index in [1.165, 1.54) is 0 Å². The van der Waals surface area contributed by atoms with E-state index in [9.17, 15) is 0 Å². The number of oxime groups is 1. The lowest BCUT2D eigenvalue weighted by molar-refractivity contribution is -0.171. The summed E-state index contributed by atoms with van der Waals surface area (Å²) >= 11 is 0. The zero-order chi connectivity index (χ0) is 28.8. The maximum atomic E-state index is 15.4. The summed E-state index contributed by atoms with van der Waals surface area (Å²) in [5.41, 5.74) is 8.41. The molecule has 3 heterocycles. The number of aromatic nitrogens is 2. The smallest absolute Gasteiger partial charge is 0.225 e. The maximum Gasteiger partial charge on any atom is 0.225 e. The molecule has 0 saturated carbocycles. The van der Waals surface area contributed by atoms with Gasteiger partial charge in [0.2, 0.25) is 5.95 Å². The average molecular weight is 574 g/mol. The molecule has 2 atom stereocenters. The van der Waals surface area contributed by atoms with Crippen molar-refractivity contribution >= 4 is 20.0 Å². The number of hydrogen-bond acceptors (Lipinski definition) is 9. The Hall–Kier alpha value is -2.44. The molecule has 2 saturated heterocycles. The monoisotopic (exact) mass is 573 g/mol. The van der Waals surface area contributed by atoms with Crippen LogP contribution in [0.4, 0.5) is 10.3 Å². The summed E-state index contributed by atoms with van der Waals surface area (Å²) in [7, 11) is -1.99. The number of ether oxygens (including phenoxy) is 2. The molecule has 0 amide bonds. The minimum absolute atomic E-state index is 0.0550. The van der Waals surface area contributed by atoms with Crippen LogP contribution >= 0.6 is 0 Å². The van der Waals surface area contributed by atoms with Gasteiger partial charge in [0.15, 0.2) is 6.29 Å². The fraction of sp³-hybridized carbons (Fsp3) is 0.621. The first-order valence-electron chi connectivity index (χ1n) is 14.2. The van der Waals surface area contributed by atoms with Gasteiger partial charge in [0.25, 0.3) is 0 Å². The van der Waals surface area contributed by atoms with Crippen LogP contribution in [0.25, 0.3) is 11.1 Å². The van der Waals surface area contributed by atoms with E-state index in [4.69, 9.17) is 24.5 Å². The molecule has 0 aliphatic carbocycles. The summed E-state index contributed by atoms with van der Waals surface area (Å²) in [6.07, 6.45) is 6.32. The zero-order valence-electron chi connectivity index (χ0n) is 24.5. The van der Waals surface area contributed by atoms with E-state index in [0.29, 0.717) is 55.5 Å². The summed E-state index contributed by atoms with van der Waals surface area (Å²) in [5, 5.41) is 4.30. The number of anilines is 1. The number of benzene rings is 1. The van der Waals surface area contributed by atoms with Crippen molar-refractivity contribution < 1.29 is 23.1 Å². The van der Waals surface area contributed by atoms with Crippen LogP contribution in [0, 0.1) is 11.7 Å². The van der Waals surface area contributed by atoms with Crippen LogP contribution in [0.5, 0.6) is 0 Å². The predicted molar refractivity (Wildman–Crippen MR) is 157 cm³/mol. The van der Waals surface area contributed by atoms with E-state index in [0.717, 1.165) is 31.6 Å². The molecule has 2 aliphatic heterocycles. The molecule has 4 rings (SSSR count). The van der Waals surface area contributed by atoms with E-state index >= 15 is 4.39 Å². The molecular weight excluding hydrogens is 529 g/mol. The van der Waals surface area contributed by atoms with Crippen molar-refractivity contribution in [2.45, 2.75) is 71.1 Å². The number of nitrogens with zero attached hydrogens (tertiary/aromatic N) is 4. The van der Waals surface area contributed by atoms with Crippen molar-refractivity contribution in [3.8, 4) is 11.1 Å². The fourth-order valence-electron chi connectivity index (χ4n) is 4.11. The lowest BCUT2D eigenvalue weighted by Crippen LogP contribution is -2.48. The van der Waals surface area contributed by atoms with Gasteiger partial charge in [0.1, 0.15) is 12.4 Å². The van der Waals surface area contributed by atoms with E-state index < -0.39 is 8.32 Å². The topological polar surface area (TPSA) is 104 Å². The van der Waals surface area contributed by atoms with Gasteiger partial charge in [-0.1, -0.05) is 44.1 Å². The molecule has 11 heteroatoms. The molecule has 0 spiro atoms. The number of halogens is 1. The third-order valence-electron chi connectivity index (χ3n) is 7.95. The first kappa shape index (κ1) is 30.5. The summed E-state index contributed by atoms with van der Waals surface area (Å²) in [5.74, 6) is 0.334. The minimum Gasteiger partial charge on any atom is -0.561 e. The standard InChI is InChI=1S/C29H44FN5O4Si/c1-29(2,3)40(4,5)39-20-22-9-8-10-25(27(22)30)23-14-32-28(33-15-23)35-16-24(17-35)34-38-19-21(13-31)18-37-26-11-6-7-12-36-26/h8-10,14-15,21,26H,6-7,11-13,16-20,31H2,1-5H3/q-1. The van der Waals surface area contributed by atoms with Gasteiger partial charge in [-0.15, -0.1) is 18.1 Å². The van der Waals surface area contributed by atoms with Crippen LogP contribution in [0.2, 0.25) is 18.1 Å². The van der Waals surface area contributed by atoms with Gasteiger partial charge in [-0.2, -0.15) is 0 Å². The third-order valence-corrected chi connectivity index (χ3v) is 12.4. The lowest BCUT2D eigenvalue weighted by Gasteiger charge is -2.48. The van der Waals surface area contributed by atoms with Crippen LogP contribution in [-0.4, -0.2) is 69.7 Å². The second-order valence-corrected chi connectivity index (χ2v) is 16.9.